The Hall–Kier alpha value is -2.03. The van der Waals surface area contributed by atoms with Crippen LogP contribution in [0.5, 0.6) is 0 Å². The summed E-state index contributed by atoms with van der Waals surface area (Å²) in [4.78, 5) is 15.8. The number of nitrogens with one attached hydrogen (secondary N) is 2. The summed E-state index contributed by atoms with van der Waals surface area (Å²) in [6, 6.07) is 6.57. The van der Waals surface area contributed by atoms with E-state index in [9.17, 15) is 13.2 Å². The summed E-state index contributed by atoms with van der Waals surface area (Å²) in [5, 5.41) is 5.16. The summed E-state index contributed by atoms with van der Waals surface area (Å²) in [5.74, 6) is -0.297. The van der Waals surface area contributed by atoms with Crippen LogP contribution in [-0.4, -0.2) is 32.4 Å². The molecule has 0 aliphatic carbocycles. The predicted molar refractivity (Wildman–Crippen MR) is 90.5 cm³/mol. The summed E-state index contributed by atoms with van der Waals surface area (Å²) in [6.45, 7) is 2.21. The Morgan fingerprint density at radius 2 is 2.00 bits per heavy atom. The van der Waals surface area contributed by atoms with Gasteiger partial charge in [0.2, 0.25) is 15.9 Å². The first-order valence-electron chi connectivity index (χ1n) is 6.89. The van der Waals surface area contributed by atoms with E-state index in [0.717, 1.165) is 10.6 Å². The summed E-state index contributed by atoms with van der Waals surface area (Å²) >= 11 is 1.43. The van der Waals surface area contributed by atoms with Crippen molar-refractivity contribution in [3.05, 3.63) is 52.5 Å². The lowest BCUT2D eigenvalue weighted by Crippen LogP contribution is -2.34. The van der Waals surface area contributed by atoms with Gasteiger partial charge in [-0.2, -0.15) is 0 Å². The smallest absolute Gasteiger partial charge is 0.244 e. The van der Waals surface area contributed by atoms with Crippen molar-refractivity contribution < 1.29 is 13.2 Å². The molecule has 0 atom stereocenters. The second kappa shape index (κ2) is 8.00. The molecule has 0 radical (unpaired) electrons. The summed E-state index contributed by atoms with van der Waals surface area (Å²) in [5.41, 5.74) is 0.989. The number of thiazole rings is 1. The number of carbonyl (C=O) groups excluding carboxylic acids is 1. The Morgan fingerprint density at radius 3 is 2.65 bits per heavy atom. The molecule has 0 unspecified atom stereocenters. The minimum absolute atomic E-state index is 0.118. The van der Waals surface area contributed by atoms with E-state index in [-0.39, 0.29) is 23.9 Å². The van der Waals surface area contributed by atoms with Gasteiger partial charge in [-0.05, 0) is 25.1 Å². The van der Waals surface area contributed by atoms with Gasteiger partial charge < -0.3 is 5.32 Å². The Balaban J connectivity index is 1.76. The molecule has 2 N–H and O–H groups in total. The molecule has 8 heteroatoms. The standard InChI is InChI=1S/C15H17N3O3S2/c1-12-2-4-13(5-3-12)23(20,21)18-9-8-16-14(19)6-7-15-17-10-11-22-15/h2-7,10-11,18H,8-9H2,1H3,(H,16,19). The van der Waals surface area contributed by atoms with Crippen molar-refractivity contribution in [3.8, 4) is 0 Å². The fourth-order valence-corrected chi connectivity index (χ4v) is 3.26. The number of hydrogen-bond acceptors (Lipinski definition) is 5. The van der Waals surface area contributed by atoms with Gasteiger partial charge in [-0.3, -0.25) is 4.79 Å². The maximum absolute atomic E-state index is 12.0. The van der Waals surface area contributed by atoms with Gasteiger partial charge in [-0.1, -0.05) is 17.7 Å². The number of benzene rings is 1. The first-order chi connectivity index (χ1) is 11.0. The van der Waals surface area contributed by atoms with E-state index in [2.05, 4.69) is 15.0 Å². The van der Waals surface area contributed by atoms with E-state index >= 15 is 0 Å². The fourth-order valence-electron chi connectivity index (χ4n) is 1.69. The molecule has 0 aliphatic heterocycles. The average molecular weight is 351 g/mol. The van der Waals surface area contributed by atoms with Gasteiger partial charge in [0.25, 0.3) is 0 Å². The number of amides is 1. The van der Waals surface area contributed by atoms with Gasteiger partial charge in [-0.15, -0.1) is 11.3 Å². The van der Waals surface area contributed by atoms with Crippen LogP contribution < -0.4 is 10.0 Å². The van der Waals surface area contributed by atoms with Gasteiger partial charge in [0.05, 0.1) is 4.90 Å². The van der Waals surface area contributed by atoms with Crippen LogP contribution in [0.25, 0.3) is 6.08 Å². The number of carbonyl (C=O) groups is 1. The highest BCUT2D eigenvalue weighted by Crippen LogP contribution is 2.09. The Morgan fingerprint density at radius 1 is 1.26 bits per heavy atom. The lowest BCUT2D eigenvalue weighted by atomic mass is 10.2. The van der Waals surface area contributed by atoms with E-state index in [4.69, 9.17) is 0 Å². The molecule has 0 saturated heterocycles. The van der Waals surface area contributed by atoms with E-state index < -0.39 is 10.0 Å². The normalized spacial score (nSPS) is 11.7. The van der Waals surface area contributed by atoms with E-state index in [1.54, 1.807) is 36.5 Å². The minimum atomic E-state index is -3.55. The van der Waals surface area contributed by atoms with E-state index in [1.807, 2.05) is 12.3 Å². The zero-order valence-electron chi connectivity index (χ0n) is 12.5. The number of nitrogens with zero attached hydrogens (tertiary/aromatic N) is 1. The molecule has 0 saturated carbocycles. The molecule has 1 amide bonds. The fraction of sp³-hybridized carbons (Fsp3) is 0.200. The second-order valence-electron chi connectivity index (χ2n) is 4.71. The van der Waals surface area contributed by atoms with Crippen molar-refractivity contribution in [2.45, 2.75) is 11.8 Å². The number of aryl methyl sites for hydroxylation is 1. The summed E-state index contributed by atoms with van der Waals surface area (Å²) in [6.07, 6.45) is 4.63. The van der Waals surface area contributed by atoms with Crippen molar-refractivity contribution in [3.63, 3.8) is 0 Å². The van der Waals surface area contributed by atoms with Gasteiger partial charge in [0, 0.05) is 30.7 Å². The molecule has 1 aromatic heterocycles. The van der Waals surface area contributed by atoms with Gasteiger partial charge in [0.1, 0.15) is 5.01 Å². The van der Waals surface area contributed by atoms with Crippen LogP contribution in [0.15, 0.2) is 46.8 Å². The van der Waals surface area contributed by atoms with Gasteiger partial charge >= 0.3 is 0 Å². The molecular weight excluding hydrogens is 334 g/mol. The molecule has 1 heterocycles. The maximum Gasteiger partial charge on any atom is 0.244 e. The molecule has 122 valence electrons. The lowest BCUT2D eigenvalue weighted by molar-refractivity contribution is -0.116. The molecule has 0 fully saturated rings. The molecule has 2 aromatic rings. The molecular formula is C15H17N3O3S2. The largest absolute Gasteiger partial charge is 0.351 e. The highest BCUT2D eigenvalue weighted by molar-refractivity contribution is 7.89. The van der Waals surface area contributed by atoms with Gasteiger partial charge in [-0.25, -0.2) is 18.1 Å². The van der Waals surface area contributed by atoms with Crippen molar-refractivity contribution in [1.82, 2.24) is 15.0 Å². The predicted octanol–water partition coefficient (Wildman–Crippen LogP) is 1.56. The second-order valence-corrected chi connectivity index (χ2v) is 7.40. The minimum Gasteiger partial charge on any atom is -0.351 e. The quantitative estimate of drug-likeness (QED) is 0.585. The lowest BCUT2D eigenvalue weighted by Gasteiger charge is -2.07. The zero-order valence-corrected chi connectivity index (χ0v) is 14.2. The van der Waals surface area contributed by atoms with Crippen LogP contribution in [-0.2, 0) is 14.8 Å². The number of sulfonamides is 1. The first-order valence-corrected chi connectivity index (χ1v) is 9.25. The molecule has 1 aromatic carbocycles. The van der Waals surface area contributed by atoms with Crippen LogP contribution in [0, 0.1) is 6.92 Å². The summed E-state index contributed by atoms with van der Waals surface area (Å²) < 4.78 is 26.5. The highest BCUT2D eigenvalue weighted by Gasteiger charge is 2.12. The third-order valence-electron chi connectivity index (χ3n) is 2.88. The van der Waals surface area contributed by atoms with Crippen molar-refractivity contribution in [2.75, 3.05) is 13.1 Å². The van der Waals surface area contributed by atoms with Crippen molar-refractivity contribution in [2.24, 2.45) is 0 Å². The average Bonchev–Trinajstić information content (AvgIpc) is 3.03. The highest BCUT2D eigenvalue weighted by atomic mass is 32.2. The SMILES string of the molecule is Cc1ccc(S(=O)(=O)NCCNC(=O)C=Cc2nccs2)cc1. The van der Waals surface area contributed by atoms with Crippen LogP contribution in [0.1, 0.15) is 10.6 Å². The number of hydrogen-bond donors (Lipinski definition) is 2. The number of rotatable bonds is 7. The molecule has 6 nitrogen and oxygen atoms in total. The first kappa shape index (κ1) is 17.3. The van der Waals surface area contributed by atoms with Gasteiger partial charge in [0.15, 0.2) is 0 Å². The molecule has 0 spiro atoms. The van der Waals surface area contributed by atoms with E-state index in [1.165, 1.54) is 17.4 Å². The van der Waals surface area contributed by atoms with E-state index in [0.29, 0.717) is 0 Å². The van der Waals surface area contributed by atoms with Crippen LogP contribution in [0.4, 0.5) is 0 Å². The number of aromatic nitrogens is 1. The Labute approximate surface area is 139 Å². The zero-order chi connectivity index (χ0) is 16.7. The monoisotopic (exact) mass is 351 g/mol. The Kier molecular flexibility index (Phi) is 6.03. The topological polar surface area (TPSA) is 88.2 Å². The Bertz CT molecular complexity index is 767. The van der Waals surface area contributed by atoms with Crippen LogP contribution in [0.3, 0.4) is 0 Å². The molecule has 23 heavy (non-hydrogen) atoms. The third-order valence-corrected chi connectivity index (χ3v) is 5.09. The molecule has 2 rings (SSSR count). The maximum atomic E-state index is 12.0. The molecule has 0 aliphatic rings. The summed E-state index contributed by atoms with van der Waals surface area (Å²) in [7, 11) is -3.55. The van der Waals surface area contributed by atoms with Crippen molar-refractivity contribution in [1.29, 1.82) is 0 Å². The van der Waals surface area contributed by atoms with Crippen molar-refractivity contribution >= 4 is 33.3 Å². The van der Waals surface area contributed by atoms with Crippen LogP contribution in [0.2, 0.25) is 0 Å². The van der Waals surface area contributed by atoms with Crippen LogP contribution >= 0.6 is 11.3 Å². The molecule has 0 bridgehead atoms. The third kappa shape index (κ3) is 5.59.